The van der Waals surface area contributed by atoms with Crippen LogP contribution in [-0.4, -0.2) is 31.9 Å². The van der Waals surface area contributed by atoms with E-state index < -0.39 is 0 Å². The van der Waals surface area contributed by atoms with Gasteiger partial charge in [-0.2, -0.15) is 5.10 Å². The molecule has 0 bridgehead atoms. The van der Waals surface area contributed by atoms with Crippen molar-refractivity contribution in [2.24, 2.45) is 5.10 Å². The quantitative estimate of drug-likeness (QED) is 0.415. The lowest BCUT2D eigenvalue weighted by Crippen LogP contribution is -2.17. The molecule has 0 atom stereocenters. The monoisotopic (exact) mass is 368 g/mol. The molecule has 0 saturated heterocycles. The Morgan fingerprint density at radius 2 is 1.93 bits per heavy atom. The predicted molar refractivity (Wildman–Crippen MR) is 106 cm³/mol. The van der Waals surface area contributed by atoms with Gasteiger partial charge in [-0.15, -0.1) is 0 Å². The molecule has 0 aliphatic heterocycles. The van der Waals surface area contributed by atoms with Crippen LogP contribution in [0.25, 0.3) is 0 Å². The minimum Gasteiger partial charge on any atom is -0.493 e. The number of benzene rings is 2. The second-order valence-electron chi connectivity index (χ2n) is 5.90. The highest BCUT2D eigenvalue weighted by Gasteiger charge is 2.06. The van der Waals surface area contributed by atoms with Gasteiger partial charge in [0.1, 0.15) is 12.4 Å². The molecule has 2 rings (SSSR count). The third-order valence-electron chi connectivity index (χ3n) is 3.41. The molecule has 6 heteroatoms. The van der Waals surface area contributed by atoms with Gasteiger partial charge in [0, 0.05) is 5.56 Å². The zero-order chi connectivity index (χ0) is 19.6. The molecule has 0 fully saturated rings. The zero-order valence-corrected chi connectivity index (χ0v) is 15.8. The van der Waals surface area contributed by atoms with E-state index in [0.717, 1.165) is 11.3 Å². The summed E-state index contributed by atoms with van der Waals surface area (Å²) in [4.78, 5) is 12.1. The second kappa shape index (κ2) is 10.0. The molecule has 1 N–H and O–H groups in total. The summed E-state index contributed by atoms with van der Waals surface area (Å²) in [5.41, 5.74) is 3.76. The highest BCUT2D eigenvalue weighted by atomic mass is 16.5. The van der Waals surface area contributed by atoms with E-state index in [1.807, 2.05) is 19.9 Å². The average Bonchev–Trinajstić information content (AvgIpc) is 2.66. The third-order valence-corrected chi connectivity index (χ3v) is 3.41. The molecular weight excluding hydrogens is 344 g/mol. The lowest BCUT2D eigenvalue weighted by molar-refractivity contribution is 0.0955. The van der Waals surface area contributed by atoms with Crippen molar-refractivity contribution in [1.29, 1.82) is 0 Å². The van der Waals surface area contributed by atoms with Gasteiger partial charge in [-0.05, 0) is 61.9 Å². The van der Waals surface area contributed by atoms with Crippen molar-refractivity contribution in [2.45, 2.75) is 20.0 Å². The summed E-state index contributed by atoms with van der Waals surface area (Å²) in [6.07, 6.45) is 3.28. The van der Waals surface area contributed by atoms with Gasteiger partial charge in [0.25, 0.3) is 5.91 Å². The number of carbonyl (C=O) groups is 1. The van der Waals surface area contributed by atoms with Gasteiger partial charge in [0.15, 0.2) is 11.5 Å². The molecule has 142 valence electrons. The SMILES string of the molecule is C=CCOc1ccc(/C=N\NC(=O)c2ccc(OC(C)C)cc2)cc1OC. The van der Waals surface area contributed by atoms with Crippen molar-refractivity contribution >= 4 is 12.1 Å². The van der Waals surface area contributed by atoms with E-state index in [9.17, 15) is 4.79 Å². The summed E-state index contributed by atoms with van der Waals surface area (Å²) >= 11 is 0. The first-order chi connectivity index (χ1) is 13.0. The molecule has 0 radical (unpaired) electrons. The molecule has 6 nitrogen and oxygen atoms in total. The first-order valence-electron chi connectivity index (χ1n) is 8.55. The summed E-state index contributed by atoms with van der Waals surface area (Å²) in [5.74, 6) is 1.60. The van der Waals surface area contributed by atoms with Gasteiger partial charge in [-0.25, -0.2) is 5.43 Å². The maximum atomic E-state index is 12.1. The molecule has 0 aliphatic carbocycles. The molecular formula is C21H24N2O4. The van der Waals surface area contributed by atoms with E-state index in [1.165, 1.54) is 6.21 Å². The molecule has 27 heavy (non-hydrogen) atoms. The van der Waals surface area contributed by atoms with Crippen LogP contribution < -0.4 is 19.6 Å². The minimum absolute atomic E-state index is 0.0832. The predicted octanol–water partition coefficient (Wildman–Crippen LogP) is 3.81. The van der Waals surface area contributed by atoms with Gasteiger partial charge in [0.05, 0.1) is 19.4 Å². The minimum atomic E-state index is -0.305. The Bertz CT molecular complexity index is 798. The zero-order valence-electron chi connectivity index (χ0n) is 15.8. The van der Waals surface area contributed by atoms with Crippen molar-refractivity contribution in [3.63, 3.8) is 0 Å². The van der Waals surface area contributed by atoms with E-state index in [-0.39, 0.29) is 12.0 Å². The fourth-order valence-electron chi connectivity index (χ4n) is 2.22. The Kier molecular flexibility index (Phi) is 7.43. The summed E-state index contributed by atoms with van der Waals surface area (Å²) < 4.78 is 16.4. The van der Waals surface area contributed by atoms with Gasteiger partial charge < -0.3 is 14.2 Å². The molecule has 2 aromatic rings. The first kappa shape index (κ1) is 20.0. The molecule has 0 saturated carbocycles. The Morgan fingerprint density at radius 3 is 2.56 bits per heavy atom. The fraction of sp³-hybridized carbons (Fsp3) is 0.238. The second-order valence-corrected chi connectivity index (χ2v) is 5.90. The number of carbonyl (C=O) groups excluding carboxylic acids is 1. The number of ether oxygens (including phenoxy) is 3. The van der Waals surface area contributed by atoms with Gasteiger partial charge in [-0.1, -0.05) is 12.7 Å². The lowest BCUT2D eigenvalue weighted by atomic mass is 10.2. The largest absolute Gasteiger partial charge is 0.493 e. The Balaban J connectivity index is 1.97. The van der Waals surface area contributed by atoms with Crippen LogP contribution >= 0.6 is 0 Å². The Morgan fingerprint density at radius 1 is 1.19 bits per heavy atom. The molecule has 0 unspecified atom stereocenters. The van der Waals surface area contributed by atoms with Crippen LogP contribution in [0.15, 0.2) is 60.2 Å². The van der Waals surface area contributed by atoms with E-state index in [2.05, 4.69) is 17.1 Å². The number of hydrogen-bond acceptors (Lipinski definition) is 5. The van der Waals surface area contributed by atoms with Gasteiger partial charge in [0.2, 0.25) is 0 Å². The number of methoxy groups -OCH3 is 1. The lowest BCUT2D eigenvalue weighted by Gasteiger charge is -2.10. The summed E-state index contributed by atoms with van der Waals surface area (Å²) in [5, 5.41) is 3.99. The van der Waals surface area contributed by atoms with Crippen molar-refractivity contribution < 1.29 is 19.0 Å². The maximum Gasteiger partial charge on any atom is 0.271 e. The maximum absolute atomic E-state index is 12.1. The van der Waals surface area contributed by atoms with Crippen LogP contribution in [0.5, 0.6) is 17.2 Å². The van der Waals surface area contributed by atoms with E-state index >= 15 is 0 Å². The average molecular weight is 368 g/mol. The van der Waals surface area contributed by atoms with Crippen LogP contribution in [0.1, 0.15) is 29.8 Å². The number of hydrazone groups is 1. The van der Waals surface area contributed by atoms with Crippen LogP contribution in [0.4, 0.5) is 0 Å². The van der Waals surface area contributed by atoms with Gasteiger partial charge >= 0.3 is 0 Å². The molecule has 0 aliphatic rings. The van der Waals surface area contributed by atoms with E-state index in [4.69, 9.17) is 14.2 Å². The third kappa shape index (κ3) is 6.18. The van der Waals surface area contributed by atoms with E-state index in [0.29, 0.717) is 23.7 Å². The first-order valence-corrected chi connectivity index (χ1v) is 8.55. The number of nitrogens with zero attached hydrogens (tertiary/aromatic N) is 1. The molecule has 2 aromatic carbocycles. The van der Waals surface area contributed by atoms with Crippen molar-refractivity contribution in [1.82, 2.24) is 5.43 Å². The van der Waals surface area contributed by atoms with Crippen LogP contribution in [0.3, 0.4) is 0 Å². The smallest absolute Gasteiger partial charge is 0.271 e. The van der Waals surface area contributed by atoms with E-state index in [1.54, 1.807) is 49.6 Å². The summed E-state index contributed by atoms with van der Waals surface area (Å²) in [7, 11) is 1.56. The summed E-state index contributed by atoms with van der Waals surface area (Å²) in [6.45, 7) is 7.90. The van der Waals surface area contributed by atoms with Crippen molar-refractivity contribution in [3.05, 3.63) is 66.2 Å². The fourth-order valence-corrected chi connectivity index (χ4v) is 2.22. The standard InChI is InChI=1S/C21H24N2O4/c1-5-12-26-19-11-6-16(13-20(19)25-4)14-22-23-21(24)17-7-9-18(10-8-17)27-15(2)3/h5-11,13-15H,1,12H2,2-4H3,(H,23,24)/b22-14-. The number of nitrogens with one attached hydrogen (secondary N) is 1. The number of amides is 1. The van der Waals surface area contributed by atoms with Crippen LogP contribution in [0, 0.1) is 0 Å². The van der Waals surface area contributed by atoms with Crippen LogP contribution in [0.2, 0.25) is 0 Å². The highest BCUT2D eigenvalue weighted by Crippen LogP contribution is 2.27. The van der Waals surface area contributed by atoms with Gasteiger partial charge in [-0.3, -0.25) is 4.79 Å². The molecule has 0 aromatic heterocycles. The number of hydrogen-bond donors (Lipinski definition) is 1. The highest BCUT2D eigenvalue weighted by molar-refractivity contribution is 5.95. The molecule has 0 heterocycles. The summed E-state index contributed by atoms with van der Waals surface area (Å²) in [6, 6.07) is 12.3. The topological polar surface area (TPSA) is 69.2 Å². The number of rotatable bonds is 9. The van der Waals surface area contributed by atoms with Crippen LogP contribution in [-0.2, 0) is 0 Å². The normalized spacial score (nSPS) is 10.7. The van der Waals surface area contributed by atoms with Crippen molar-refractivity contribution in [2.75, 3.05) is 13.7 Å². The molecule has 1 amide bonds. The molecule has 0 spiro atoms. The Hall–Kier alpha value is -3.28. The van der Waals surface area contributed by atoms with Crippen molar-refractivity contribution in [3.8, 4) is 17.2 Å². The Labute approximate surface area is 159 Å².